The van der Waals surface area contributed by atoms with Crippen molar-refractivity contribution in [1.29, 1.82) is 5.26 Å². The minimum Gasteiger partial charge on any atom is -0.288 e. The second kappa shape index (κ2) is 12.2. The predicted octanol–water partition coefficient (Wildman–Crippen LogP) is 5.29. The molecule has 1 heterocycles. The molecule has 1 atom stereocenters. The van der Waals surface area contributed by atoms with E-state index in [-0.39, 0.29) is 6.04 Å². The van der Waals surface area contributed by atoms with Crippen LogP contribution in [-0.2, 0) is 0 Å². The van der Waals surface area contributed by atoms with Gasteiger partial charge in [-0.3, -0.25) is 4.90 Å². The molecule has 0 N–H and O–H groups in total. The Hall–Kier alpha value is -0.550. The van der Waals surface area contributed by atoms with Gasteiger partial charge in [-0.1, -0.05) is 64.7 Å². The minimum absolute atomic E-state index is 0.210. The molecule has 0 bridgehead atoms. The molecule has 2 heteroatoms. The maximum atomic E-state index is 9.13. The van der Waals surface area contributed by atoms with Gasteiger partial charge in [0.05, 0.1) is 12.1 Å². The zero-order valence-electron chi connectivity index (χ0n) is 13.6. The number of rotatable bonds is 11. The zero-order valence-corrected chi connectivity index (χ0v) is 13.6. The molecular weight excluding hydrogens is 244 g/mol. The van der Waals surface area contributed by atoms with Crippen molar-refractivity contribution in [2.24, 2.45) is 0 Å². The lowest BCUT2D eigenvalue weighted by molar-refractivity contribution is 0.181. The van der Waals surface area contributed by atoms with Gasteiger partial charge in [0.25, 0.3) is 0 Å². The van der Waals surface area contributed by atoms with Gasteiger partial charge in [-0.25, -0.2) is 0 Å². The van der Waals surface area contributed by atoms with Crippen LogP contribution in [0.4, 0.5) is 0 Å². The summed E-state index contributed by atoms with van der Waals surface area (Å²) in [5, 5.41) is 9.13. The first-order valence-corrected chi connectivity index (χ1v) is 9.02. The highest BCUT2D eigenvalue weighted by molar-refractivity contribution is 4.93. The van der Waals surface area contributed by atoms with E-state index in [0.29, 0.717) is 0 Å². The van der Waals surface area contributed by atoms with E-state index in [0.717, 1.165) is 19.5 Å². The molecule has 1 unspecified atom stereocenters. The van der Waals surface area contributed by atoms with Crippen molar-refractivity contribution in [1.82, 2.24) is 4.90 Å². The summed E-state index contributed by atoms with van der Waals surface area (Å²) >= 11 is 0. The third-order valence-electron chi connectivity index (χ3n) is 4.56. The number of hydrogen-bond acceptors (Lipinski definition) is 2. The van der Waals surface area contributed by atoms with Crippen LogP contribution in [-0.4, -0.2) is 24.0 Å². The molecule has 0 aromatic heterocycles. The molecule has 1 rings (SSSR count). The first-order chi connectivity index (χ1) is 9.88. The van der Waals surface area contributed by atoms with Gasteiger partial charge in [0.1, 0.15) is 0 Å². The summed E-state index contributed by atoms with van der Waals surface area (Å²) in [5.74, 6) is 0. The van der Waals surface area contributed by atoms with Crippen molar-refractivity contribution >= 4 is 0 Å². The highest BCUT2D eigenvalue weighted by atomic mass is 15.2. The van der Waals surface area contributed by atoms with Gasteiger partial charge in [0.15, 0.2) is 0 Å². The molecule has 0 radical (unpaired) electrons. The third-order valence-corrected chi connectivity index (χ3v) is 4.56. The van der Waals surface area contributed by atoms with Crippen molar-refractivity contribution in [2.75, 3.05) is 13.1 Å². The second-order valence-electron chi connectivity index (χ2n) is 6.36. The molecule has 0 aromatic rings. The number of likely N-dealkylation sites (tertiary alicyclic amines) is 1. The molecule has 20 heavy (non-hydrogen) atoms. The summed E-state index contributed by atoms with van der Waals surface area (Å²) in [6.07, 6.45) is 17.5. The van der Waals surface area contributed by atoms with Crippen LogP contribution in [0.25, 0.3) is 0 Å². The Bertz CT molecular complexity index is 257. The Morgan fingerprint density at radius 2 is 1.50 bits per heavy atom. The van der Waals surface area contributed by atoms with E-state index in [4.69, 9.17) is 5.26 Å². The summed E-state index contributed by atoms with van der Waals surface area (Å²) in [6.45, 7) is 4.57. The van der Waals surface area contributed by atoms with Gasteiger partial charge < -0.3 is 0 Å². The summed E-state index contributed by atoms with van der Waals surface area (Å²) in [5.41, 5.74) is 0. The number of piperidine rings is 1. The molecule has 116 valence electrons. The van der Waals surface area contributed by atoms with E-state index >= 15 is 0 Å². The average Bonchev–Trinajstić information content (AvgIpc) is 2.49. The molecule has 0 amide bonds. The monoisotopic (exact) mass is 278 g/mol. The molecule has 0 spiro atoms. The normalized spacial score (nSPS) is 19.9. The Morgan fingerprint density at radius 1 is 0.900 bits per heavy atom. The lowest BCUT2D eigenvalue weighted by Gasteiger charge is -2.31. The first-order valence-electron chi connectivity index (χ1n) is 9.02. The fraction of sp³-hybridized carbons (Fsp3) is 0.944. The molecule has 1 fully saturated rings. The summed E-state index contributed by atoms with van der Waals surface area (Å²) < 4.78 is 0. The van der Waals surface area contributed by atoms with Crippen LogP contribution in [0.2, 0.25) is 0 Å². The summed E-state index contributed by atoms with van der Waals surface area (Å²) in [4.78, 5) is 2.41. The van der Waals surface area contributed by atoms with Gasteiger partial charge in [-0.15, -0.1) is 0 Å². The molecule has 1 saturated heterocycles. The largest absolute Gasteiger partial charge is 0.288 e. The fourth-order valence-corrected chi connectivity index (χ4v) is 3.21. The summed E-state index contributed by atoms with van der Waals surface area (Å²) in [6, 6.07) is 2.68. The van der Waals surface area contributed by atoms with Crippen LogP contribution < -0.4 is 0 Å². The van der Waals surface area contributed by atoms with Crippen LogP contribution in [0.5, 0.6) is 0 Å². The first kappa shape index (κ1) is 17.5. The second-order valence-corrected chi connectivity index (χ2v) is 6.36. The van der Waals surface area contributed by atoms with Gasteiger partial charge in [0.2, 0.25) is 0 Å². The van der Waals surface area contributed by atoms with E-state index in [9.17, 15) is 0 Å². The lowest BCUT2D eigenvalue weighted by Crippen LogP contribution is -2.39. The fourth-order valence-electron chi connectivity index (χ4n) is 3.21. The Kier molecular flexibility index (Phi) is 10.7. The molecule has 2 nitrogen and oxygen atoms in total. The molecule has 1 aliphatic heterocycles. The average molecular weight is 278 g/mol. The molecule has 0 aliphatic carbocycles. The van der Waals surface area contributed by atoms with E-state index in [2.05, 4.69) is 17.9 Å². The van der Waals surface area contributed by atoms with Crippen LogP contribution in [0.1, 0.15) is 90.4 Å². The van der Waals surface area contributed by atoms with Crippen molar-refractivity contribution in [3.63, 3.8) is 0 Å². The van der Waals surface area contributed by atoms with Gasteiger partial charge in [-0.05, 0) is 38.8 Å². The quantitative estimate of drug-likeness (QED) is 0.480. The zero-order chi connectivity index (χ0) is 14.5. The Balaban J connectivity index is 1.88. The molecule has 0 aromatic carbocycles. The minimum atomic E-state index is 0.210. The lowest BCUT2D eigenvalue weighted by atomic mass is 10.0. The SMILES string of the molecule is CCCCCCCCCCCCN1CCCCC1C#N. The smallest absolute Gasteiger partial charge is 0.0977 e. The van der Waals surface area contributed by atoms with Crippen molar-refractivity contribution in [3.8, 4) is 6.07 Å². The Labute approximate surface area is 126 Å². The van der Waals surface area contributed by atoms with Crippen LogP contribution in [0.3, 0.4) is 0 Å². The molecule has 1 aliphatic rings. The van der Waals surface area contributed by atoms with E-state index in [1.54, 1.807) is 0 Å². The molecule has 0 saturated carbocycles. The van der Waals surface area contributed by atoms with Gasteiger partial charge in [0, 0.05) is 0 Å². The van der Waals surface area contributed by atoms with Gasteiger partial charge in [-0.2, -0.15) is 5.26 Å². The number of unbranched alkanes of at least 4 members (excludes halogenated alkanes) is 9. The maximum Gasteiger partial charge on any atom is 0.0977 e. The van der Waals surface area contributed by atoms with E-state index in [1.807, 2.05) is 0 Å². The van der Waals surface area contributed by atoms with Crippen LogP contribution in [0.15, 0.2) is 0 Å². The highest BCUT2D eigenvalue weighted by Crippen LogP contribution is 2.17. The number of hydrogen-bond donors (Lipinski definition) is 0. The van der Waals surface area contributed by atoms with Crippen LogP contribution >= 0.6 is 0 Å². The summed E-state index contributed by atoms with van der Waals surface area (Å²) in [7, 11) is 0. The van der Waals surface area contributed by atoms with Crippen molar-refractivity contribution in [2.45, 2.75) is 96.4 Å². The van der Waals surface area contributed by atoms with E-state index < -0.39 is 0 Å². The third kappa shape index (κ3) is 7.90. The topological polar surface area (TPSA) is 27.0 Å². The van der Waals surface area contributed by atoms with Gasteiger partial charge >= 0.3 is 0 Å². The van der Waals surface area contributed by atoms with Crippen LogP contribution in [0, 0.1) is 11.3 Å². The number of nitriles is 1. The standard InChI is InChI=1S/C18H34N2/c1-2-3-4-5-6-7-8-9-10-12-15-20-16-13-11-14-18(20)17-19/h18H,2-16H2,1H3. The Morgan fingerprint density at radius 3 is 2.10 bits per heavy atom. The van der Waals surface area contributed by atoms with Crippen molar-refractivity contribution < 1.29 is 0 Å². The number of nitrogens with zero attached hydrogens (tertiary/aromatic N) is 2. The van der Waals surface area contributed by atoms with E-state index in [1.165, 1.54) is 77.0 Å². The van der Waals surface area contributed by atoms with Crippen molar-refractivity contribution in [3.05, 3.63) is 0 Å². The highest BCUT2D eigenvalue weighted by Gasteiger charge is 2.20. The predicted molar refractivity (Wildman–Crippen MR) is 86.7 cm³/mol. The molecular formula is C18H34N2. The maximum absolute atomic E-state index is 9.13.